The van der Waals surface area contributed by atoms with Crippen molar-refractivity contribution in [2.24, 2.45) is 11.8 Å². The molecule has 0 bridgehead atoms. The standard InChI is InChI=1S/C14H18O2/c1-10(2)13-12(14(15)16-13)9-8-11-6-4-3-5-7-11/h3-7,10,12-13H,8-9H2,1-2H3/t12-,13-/m1/s1. The molecule has 0 radical (unpaired) electrons. The molecule has 0 unspecified atom stereocenters. The Morgan fingerprint density at radius 1 is 1.25 bits per heavy atom. The largest absolute Gasteiger partial charge is 0.461 e. The minimum atomic E-state index is -0.0189. The molecule has 2 nitrogen and oxygen atoms in total. The van der Waals surface area contributed by atoms with Gasteiger partial charge in [0.2, 0.25) is 0 Å². The van der Waals surface area contributed by atoms with Crippen molar-refractivity contribution in [2.45, 2.75) is 32.8 Å². The number of rotatable bonds is 4. The molecule has 1 aliphatic rings. The molecular formula is C14H18O2. The molecule has 2 atom stereocenters. The molecule has 16 heavy (non-hydrogen) atoms. The van der Waals surface area contributed by atoms with Gasteiger partial charge in [-0.2, -0.15) is 0 Å². The minimum Gasteiger partial charge on any atom is -0.461 e. The summed E-state index contributed by atoms with van der Waals surface area (Å²) in [5.41, 5.74) is 1.30. The van der Waals surface area contributed by atoms with E-state index < -0.39 is 0 Å². The van der Waals surface area contributed by atoms with E-state index in [-0.39, 0.29) is 18.0 Å². The van der Waals surface area contributed by atoms with Crippen LogP contribution in [0.2, 0.25) is 0 Å². The van der Waals surface area contributed by atoms with E-state index in [1.165, 1.54) is 5.56 Å². The van der Waals surface area contributed by atoms with Gasteiger partial charge in [-0.25, -0.2) is 0 Å². The summed E-state index contributed by atoms with van der Waals surface area (Å²) in [5, 5.41) is 0. The first-order valence-corrected chi connectivity index (χ1v) is 5.93. The van der Waals surface area contributed by atoms with Crippen molar-refractivity contribution in [2.75, 3.05) is 0 Å². The fourth-order valence-corrected chi connectivity index (χ4v) is 2.22. The molecule has 1 heterocycles. The van der Waals surface area contributed by atoms with Crippen LogP contribution in [0, 0.1) is 11.8 Å². The average Bonchev–Trinajstić information content (AvgIpc) is 2.27. The van der Waals surface area contributed by atoms with E-state index in [9.17, 15) is 4.79 Å². The molecule has 1 fully saturated rings. The van der Waals surface area contributed by atoms with E-state index in [0.29, 0.717) is 5.92 Å². The van der Waals surface area contributed by atoms with Gasteiger partial charge in [0, 0.05) is 0 Å². The van der Waals surface area contributed by atoms with E-state index in [1.807, 2.05) is 18.2 Å². The van der Waals surface area contributed by atoms with Crippen LogP contribution in [0.1, 0.15) is 25.8 Å². The Hall–Kier alpha value is -1.31. The lowest BCUT2D eigenvalue weighted by Crippen LogP contribution is -2.48. The van der Waals surface area contributed by atoms with E-state index in [1.54, 1.807) is 0 Å². The van der Waals surface area contributed by atoms with Crippen molar-refractivity contribution < 1.29 is 9.53 Å². The Balaban J connectivity index is 1.88. The topological polar surface area (TPSA) is 26.3 Å². The van der Waals surface area contributed by atoms with Crippen molar-refractivity contribution in [1.29, 1.82) is 0 Å². The summed E-state index contributed by atoms with van der Waals surface area (Å²) in [6, 6.07) is 10.3. The number of aryl methyl sites for hydroxylation is 1. The molecule has 0 spiro atoms. The van der Waals surface area contributed by atoms with E-state index in [0.717, 1.165) is 12.8 Å². The number of benzene rings is 1. The third-order valence-electron chi connectivity index (χ3n) is 3.20. The molecule has 1 saturated heterocycles. The lowest BCUT2D eigenvalue weighted by atomic mass is 9.84. The Morgan fingerprint density at radius 3 is 2.50 bits per heavy atom. The second-order valence-corrected chi connectivity index (χ2v) is 4.78. The van der Waals surface area contributed by atoms with Gasteiger partial charge in [-0.1, -0.05) is 44.2 Å². The van der Waals surface area contributed by atoms with E-state index in [4.69, 9.17) is 4.74 Å². The van der Waals surface area contributed by atoms with E-state index in [2.05, 4.69) is 26.0 Å². The summed E-state index contributed by atoms with van der Waals surface area (Å²) in [7, 11) is 0. The zero-order chi connectivity index (χ0) is 11.5. The van der Waals surface area contributed by atoms with Crippen molar-refractivity contribution in [3.63, 3.8) is 0 Å². The fraction of sp³-hybridized carbons (Fsp3) is 0.500. The predicted octanol–water partition coefficient (Wildman–Crippen LogP) is 2.82. The van der Waals surface area contributed by atoms with Gasteiger partial charge in [-0.05, 0) is 24.3 Å². The van der Waals surface area contributed by atoms with Crippen LogP contribution in [0.3, 0.4) is 0 Å². The van der Waals surface area contributed by atoms with Gasteiger partial charge in [0.15, 0.2) is 0 Å². The number of esters is 1. The summed E-state index contributed by atoms with van der Waals surface area (Å²) >= 11 is 0. The first kappa shape index (κ1) is 11.2. The number of hydrogen-bond acceptors (Lipinski definition) is 2. The highest BCUT2D eigenvalue weighted by Gasteiger charge is 2.43. The number of ether oxygens (including phenoxy) is 1. The molecule has 0 saturated carbocycles. The molecule has 86 valence electrons. The summed E-state index contributed by atoms with van der Waals surface area (Å²) < 4.78 is 5.16. The zero-order valence-electron chi connectivity index (χ0n) is 9.85. The van der Waals surface area contributed by atoms with Crippen LogP contribution >= 0.6 is 0 Å². The van der Waals surface area contributed by atoms with Crippen LogP contribution in [0.5, 0.6) is 0 Å². The fourth-order valence-electron chi connectivity index (χ4n) is 2.22. The number of hydrogen-bond donors (Lipinski definition) is 0. The second-order valence-electron chi connectivity index (χ2n) is 4.78. The lowest BCUT2D eigenvalue weighted by molar-refractivity contribution is -0.190. The lowest BCUT2D eigenvalue weighted by Gasteiger charge is -2.37. The maximum Gasteiger partial charge on any atom is 0.313 e. The number of carbonyl (C=O) groups is 1. The smallest absolute Gasteiger partial charge is 0.313 e. The molecule has 0 aliphatic carbocycles. The average molecular weight is 218 g/mol. The van der Waals surface area contributed by atoms with Gasteiger partial charge in [-0.15, -0.1) is 0 Å². The molecule has 1 aromatic rings. The normalized spacial score (nSPS) is 24.1. The van der Waals surface area contributed by atoms with Crippen LogP contribution in [0.4, 0.5) is 0 Å². The van der Waals surface area contributed by atoms with Gasteiger partial charge >= 0.3 is 5.97 Å². The van der Waals surface area contributed by atoms with Crippen LogP contribution in [-0.4, -0.2) is 12.1 Å². The molecule has 2 heteroatoms. The van der Waals surface area contributed by atoms with Crippen molar-refractivity contribution >= 4 is 5.97 Å². The van der Waals surface area contributed by atoms with Gasteiger partial charge < -0.3 is 4.74 Å². The highest BCUT2D eigenvalue weighted by Crippen LogP contribution is 2.31. The first-order valence-electron chi connectivity index (χ1n) is 5.93. The first-order chi connectivity index (χ1) is 7.68. The van der Waals surface area contributed by atoms with Gasteiger partial charge in [0.05, 0.1) is 5.92 Å². The highest BCUT2D eigenvalue weighted by atomic mass is 16.6. The Labute approximate surface area is 96.6 Å². The Kier molecular flexibility index (Phi) is 3.28. The maximum absolute atomic E-state index is 11.3. The summed E-state index contributed by atoms with van der Waals surface area (Å²) in [6.45, 7) is 4.21. The van der Waals surface area contributed by atoms with Crippen LogP contribution in [0.15, 0.2) is 30.3 Å². The third kappa shape index (κ3) is 2.26. The zero-order valence-corrected chi connectivity index (χ0v) is 9.85. The molecule has 1 aliphatic heterocycles. The highest BCUT2D eigenvalue weighted by molar-refractivity contribution is 5.78. The number of carbonyl (C=O) groups excluding carboxylic acids is 1. The molecule has 0 N–H and O–H groups in total. The molecule has 0 aromatic heterocycles. The maximum atomic E-state index is 11.3. The third-order valence-corrected chi connectivity index (χ3v) is 3.20. The summed E-state index contributed by atoms with van der Waals surface area (Å²) in [5.74, 6) is 0.522. The van der Waals surface area contributed by atoms with Gasteiger partial charge in [-0.3, -0.25) is 4.79 Å². The minimum absolute atomic E-state index is 0.0189. The van der Waals surface area contributed by atoms with Crippen molar-refractivity contribution in [3.8, 4) is 0 Å². The predicted molar refractivity (Wildman–Crippen MR) is 63.0 cm³/mol. The SMILES string of the molecule is CC(C)[C@H]1OC(=O)[C@@H]1CCc1ccccc1. The summed E-state index contributed by atoms with van der Waals surface area (Å²) in [4.78, 5) is 11.3. The van der Waals surface area contributed by atoms with Crippen molar-refractivity contribution in [3.05, 3.63) is 35.9 Å². The molecular weight excluding hydrogens is 200 g/mol. The van der Waals surface area contributed by atoms with Crippen LogP contribution < -0.4 is 0 Å². The van der Waals surface area contributed by atoms with Gasteiger partial charge in [0.25, 0.3) is 0 Å². The number of cyclic esters (lactones) is 1. The Bertz CT molecular complexity index is 356. The van der Waals surface area contributed by atoms with Gasteiger partial charge in [0.1, 0.15) is 6.10 Å². The Morgan fingerprint density at radius 2 is 1.94 bits per heavy atom. The molecule has 0 amide bonds. The van der Waals surface area contributed by atoms with Crippen molar-refractivity contribution in [1.82, 2.24) is 0 Å². The molecule has 1 aromatic carbocycles. The second kappa shape index (κ2) is 4.69. The van der Waals surface area contributed by atoms with Crippen LogP contribution in [0.25, 0.3) is 0 Å². The monoisotopic (exact) mass is 218 g/mol. The molecule has 2 rings (SSSR count). The summed E-state index contributed by atoms with van der Waals surface area (Å²) in [6.07, 6.45) is 2.01. The quantitative estimate of drug-likeness (QED) is 0.726. The van der Waals surface area contributed by atoms with E-state index >= 15 is 0 Å². The van der Waals surface area contributed by atoms with Crippen LogP contribution in [-0.2, 0) is 16.0 Å².